The first-order valence-corrected chi connectivity index (χ1v) is 6.20. The Bertz CT molecular complexity index is 256. The summed E-state index contributed by atoms with van der Waals surface area (Å²) in [5.41, 5.74) is 1.64. The molecule has 4 unspecified atom stereocenters. The largest absolute Gasteiger partial charge is 0.502 e. The van der Waals surface area contributed by atoms with Crippen LogP contribution in [0.15, 0.2) is 11.8 Å². The van der Waals surface area contributed by atoms with Crippen LogP contribution in [0.1, 0.15) is 39.0 Å². The van der Waals surface area contributed by atoms with Gasteiger partial charge in [0.25, 0.3) is 0 Å². The highest BCUT2D eigenvalue weighted by atomic mass is 16.5. The van der Waals surface area contributed by atoms with Gasteiger partial charge in [0, 0.05) is 0 Å². The number of hydrogen-bond acceptors (Lipinski definition) is 1. The van der Waals surface area contributed by atoms with Crippen molar-refractivity contribution in [2.75, 3.05) is 6.61 Å². The zero-order chi connectivity index (χ0) is 9.54. The van der Waals surface area contributed by atoms with Gasteiger partial charge in [-0.1, -0.05) is 0 Å². The maximum Gasteiger partial charge on any atom is 0.0845 e. The molecule has 3 aliphatic rings. The lowest BCUT2D eigenvalue weighted by molar-refractivity contribution is 0.249. The number of rotatable bonds is 2. The second-order valence-corrected chi connectivity index (χ2v) is 5.21. The smallest absolute Gasteiger partial charge is 0.0845 e. The monoisotopic (exact) mass is 192 g/mol. The van der Waals surface area contributed by atoms with Gasteiger partial charge in [-0.25, -0.2) is 0 Å². The van der Waals surface area contributed by atoms with Crippen molar-refractivity contribution in [3.8, 4) is 0 Å². The van der Waals surface area contributed by atoms with E-state index in [4.69, 9.17) is 4.74 Å². The van der Waals surface area contributed by atoms with E-state index >= 15 is 0 Å². The molecule has 0 aromatic rings. The molecule has 3 saturated carbocycles. The second kappa shape index (κ2) is 3.29. The highest BCUT2D eigenvalue weighted by Crippen LogP contribution is 2.60. The van der Waals surface area contributed by atoms with Gasteiger partial charge in [-0.2, -0.15) is 0 Å². The van der Waals surface area contributed by atoms with Crippen LogP contribution in [0, 0.1) is 23.7 Å². The summed E-state index contributed by atoms with van der Waals surface area (Å²) in [5.74, 6) is 4.08. The SMILES string of the molecule is CCOC=C1CCC2C3CCC(C3)C12. The Labute approximate surface area is 86.5 Å². The Balaban J connectivity index is 1.79. The standard InChI is InChI=1S/C13H20O/c1-2-14-8-11-5-6-12-9-3-4-10(7-9)13(11)12/h8-10,12-13H,2-7H2,1H3. The van der Waals surface area contributed by atoms with Gasteiger partial charge in [-0.05, 0) is 68.3 Å². The minimum atomic E-state index is 0.828. The van der Waals surface area contributed by atoms with Gasteiger partial charge in [0.15, 0.2) is 0 Å². The maximum absolute atomic E-state index is 5.47. The minimum absolute atomic E-state index is 0.828. The number of ether oxygens (including phenoxy) is 1. The van der Waals surface area contributed by atoms with Gasteiger partial charge in [-0.15, -0.1) is 0 Å². The van der Waals surface area contributed by atoms with Gasteiger partial charge in [0.05, 0.1) is 12.9 Å². The summed E-state index contributed by atoms with van der Waals surface area (Å²) in [4.78, 5) is 0. The van der Waals surface area contributed by atoms with Crippen molar-refractivity contribution in [2.45, 2.75) is 39.0 Å². The number of allylic oxidation sites excluding steroid dienone is 1. The molecule has 0 amide bonds. The van der Waals surface area contributed by atoms with Crippen molar-refractivity contribution in [2.24, 2.45) is 23.7 Å². The van der Waals surface area contributed by atoms with Crippen molar-refractivity contribution in [1.29, 1.82) is 0 Å². The van der Waals surface area contributed by atoms with Gasteiger partial charge >= 0.3 is 0 Å². The summed E-state index contributed by atoms with van der Waals surface area (Å²) in [5, 5.41) is 0. The van der Waals surface area contributed by atoms with E-state index < -0.39 is 0 Å². The molecule has 14 heavy (non-hydrogen) atoms. The molecule has 78 valence electrons. The Hall–Kier alpha value is -0.460. The van der Waals surface area contributed by atoms with E-state index in [-0.39, 0.29) is 0 Å². The highest BCUT2D eigenvalue weighted by molar-refractivity contribution is 5.19. The molecule has 0 aromatic carbocycles. The van der Waals surface area contributed by atoms with E-state index in [1.165, 1.54) is 32.1 Å². The topological polar surface area (TPSA) is 9.23 Å². The predicted octanol–water partition coefficient (Wildman–Crippen LogP) is 3.36. The molecule has 0 heterocycles. The van der Waals surface area contributed by atoms with E-state index in [0.29, 0.717) is 0 Å². The summed E-state index contributed by atoms with van der Waals surface area (Å²) < 4.78 is 5.47. The number of hydrogen-bond donors (Lipinski definition) is 0. The van der Waals surface area contributed by atoms with Crippen LogP contribution in [0.3, 0.4) is 0 Å². The van der Waals surface area contributed by atoms with Crippen LogP contribution in [-0.4, -0.2) is 6.61 Å². The normalized spacial score (nSPS) is 47.4. The summed E-state index contributed by atoms with van der Waals surface area (Å²) in [6.07, 6.45) is 9.40. The molecule has 0 saturated heterocycles. The van der Waals surface area contributed by atoms with Crippen LogP contribution in [0.2, 0.25) is 0 Å². The summed E-state index contributed by atoms with van der Waals surface area (Å²) in [7, 11) is 0. The van der Waals surface area contributed by atoms with Crippen LogP contribution >= 0.6 is 0 Å². The molecule has 0 spiro atoms. The molecule has 0 aromatic heterocycles. The van der Waals surface area contributed by atoms with E-state index in [1.54, 1.807) is 5.57 Å². The average molecular weight is 192 g/mol. The van der Waals surface area contributed by atoms with Crippen LogP contribution in [0.4, 0.5) is 0 Å². The third kappa shape index (κ3) is 1.14. The quantitative estimate of drug-likeness (QED) is 0.609. The number of fused-ring (bicyclic) bond motifs is 5. The van der Waals surface area contributed by atoms with Crippen LogP contribution in [-0.2, 0) is 4.74 Å². The van der Waals surface area contributed by atoms with Gasteiger partial charge in [-0.3, -0.25) is 0 Å². The molecule has 0 radical (unpaired) electrons. The highest BCUT2D eigenvalue weighted by Gasteiger charge is 2.51. The van der Waals surface area contributed by atoms with Crippen molar-refractivity contribution < 1.29 is 4.74 Å². The molecule has 3 fully saturated rings. The molecule has 4 atom stereocenters. The molecule has 3 aliphatic carbocycles. The first-order chi connectivity index (χ1) is 6.90. The van der Waals surface area contributed by atoms with Crippen LogP contribution < -0.4 is 0 Å². The van der Waals surface area contributed by atoms with Crippen molar-refractivity contribution in [1.82, 2.24) is 0 Å². The van der Waals surface area contributed by atoms with Crippen LogP contribution in [0.5, 0.6) is 0 Å². The third-order valence-corrected chi connectivity index (χ3v) is 4.68. The molecule has 3 rings (SSSR count). The van der Waals surface area contributed by atoms with E-state index in [0.717, 1.165) is 30.3 Å². The molecule has 1 nitrogen and oxygen atoms in total. The van der Waals surface area contributed by atoms with Crippen molar-refractivity contribution >= 4 is 0 Å². The minimum Gasteiger partial charge on any atom is -0.502 e. The molecule has 1 heteroatoms. The van der Waals surface area contributed by atoms with Crippen molar-refractivity contribution in [3.63, 3.8) is 0 Å². The molecular formula is C13H20O. The van der Waals surface area contributed by atoms with Crippen LogP contribution in [0.25, 0.3) is 0 Å². The first kappa shape index (κ1) is 8.82. The Kier molecular flexibility index (Phi) is 2.07. The zero-order valence-electron chi connectivity index (χ0n) is 9.04. The van der Waals surface area contributed by atoms with E-state index in [1.807, 2.05) is 0 Å². The molecular weight excluding hydrogens is 172 g/mol. The molecule has 0 aliphatic heterocycles. The van der Waals surface area contributed by atoms with Crippen molar-refractivity contribution in [3.05, 3.63) is 11.8 Å². The lowest BCUT2D eigenvalue weighted by Gasteiger charge is -2.25. The van der Waals surface area contributed by atoms with Gasteiger partial charge < -0.3 is 4.74 Å². The fraction of sp³-hybridized carbons (Fsp3) is 0.846. The third-order valence-electron chi connectivity index (χ3n) is 4.68. The average Bonchev–Trinajstić information content (AvgIpc) is 2.87. The summed E-state index contributed by atoms with van der Waals surface area (Å²) >= 11 is 0. The molecule has 2 bridgehead atoms. The fourth-order valence-electron chi connectivity index (χ4n) is 4.23. The fourth-order valence-corrected chi connectivity index (χ4v) is 4.23. The first-order valence-electron chi connectivity index (χ1n) is 6.20. The van der Waals surface area contributed by atoms with E-state index in [2.05, 4.69) is 13.2 Å². The second-order valence-electron chi connectivity index (χ2n) is 5.21. The Morgan fingerprint density at radius 2 is 2.14 bits per heavy atom. The molecule has 0 N–H and O–H groups in total. The maximum atomic E-state index is 5.47. The van der Waals surface area contributed by atoms with Gasteiger partial charge in [0.1, 0.15) is 0 Å². The zero-order valence-corrected chi connectivity index (χ0v) is 9.04. The summed E-state index contributed by atoms with van der Waals surface area (Å²) in [6.45, 7) is 2.90. The lowest BCUT2D eigenvalue weighted by Crippen LogP contribution is -2.17. The predicted molar refractivity (Wildman–Crippen MR) is 56.8 cm³/mol. The lowest BCUT2D eigenvalue weighted by atomic mass is 9.80. The Morgan fingerprint density at radius 1 is 1.29 bits per heavy atom. The van der Waals surface area contributed by atoms with Gasteiger partial charge in [0.2, 0.25) is 0 Å². The Morgan fingerprint density at radius 3 is 3.00 bits per heavy atom. The summed E-state index contributed by atoms with van der Waals surface area (Å²) in [6, 6.07) is 0. The van der Waals surface area contributed by atoms with E-state index in [9.17, 15) is 0 Å².